The van der Waals surface area contributed by atoms with Crippen LogP contribution in [-0.2, 0) is 36.9 Å². The van der Waals surface area contributed by atoms with Gasteiger partial charge in [0.1, 0.15) is 12.5 Å². The first kappa shape index (κ1) is 42.6. The minimum absolute atomic E-state index is 0.0107. The smallest absolute Gasteiger partial charge is 0.188 e. The van der Waals surface area contributed by atoms with Crippen molar-refractivity contribution in [1.29, 1.82) is 0 Å². The lowest BCUT2D eigenvalue weighted by atomic mass is 9.82. The minimum Gasteiger partial charge on any atom is -0.504 e. The van der Waals surface area contributed by atoms with Crippen LogP contribution in [0.25, 0.3) is 0 Å². The van der Waals surface area contributed by atoms with Crippen molar-refractivity contribution in [2.45, 2.75) is 83.8 Å². The molecular formula is C45H58N4O6S2. The van der Waals surface area contributed by atoms with Crippen LogP contribution in [0.2, 0.25) is 0 Å². The van der Waals surface area contributed by atoms with Gasteiger partial charge in [0.15, 0.2) is 29.0 Å². The van der Waals surface area contributed by atoms with Gasteiger partial charge < -0.3 is 35.5 Å². The third kappa shape index (κ3) is 11.8. The molecule has 6 N–H and O–H groups in total. The average molecular weight is 815 g/mol. The Morgan fingerprint density at radius 1 is 1.04 bits per heavy atom. The van der Waals surface area contributed by atoms with E-state index in [1.165, 1.54) is 12.7 Å². The van der Waals surface area contributed by atoms with Crippen LogP contribution in [0, 0.1) is 29.6 Å². The predicted octanol–water partition coefficient (Wildman–Crippen LogP) is 6.24. The molecule has 2 heterocycles. The van der Waals surface area contributed by atoms with Crippen LogP contribution in [0.1, 0.15) is 72.9 Å². The molecule has 3 aliphatic rings. The van der Waals surface area contributed by atoms with Crippen LogP contribution in [0.5, 0.6) is 23.0 Å². The largest absolute Gasteiger partial charge is 0.504 e. The van der Waals surface area contributed by atoms with E-state index in [0.717, 1.165) is 65.3 Å². The molecule has 12 heteroatoms. The second-order valence-corrected chi connectivity index (χ2v) is 18.2. The van der Waals surface area contributed by atoms with Gasteiger partial charge in [-0.2, -0.15) is 0 Å². The number of aliphatic hydroxyl groups is 1. The SMILES string of the molecule is COc1c(O)ccc2c1C#CCc1cc(c3c(c1OCNCCCc1ccccc1)OC[C@@H]([C@H]1CN=C(N)N[C@H](C(C)C)CSSC1)C3)CC[C@@H](O)CC(=O)CC2. The van der Waals surface area contributed by atoms with Crippen molar-refractivity contribution in [3.05, 3.63) is 81.9 Å². The van der Waals surface area contributed by atoms with Crippen molar-refractivity contribution >= 4 is 33.3 Å². The van der Waals surface area contributed by atoms with E-state index in [1.54, 1.807) is 12.1 Å². The molecule has 0 radical (unpaired) electrons. The normalized spacial score (nSPS) is 21.8. The van der Waals surface area contributed by atoms with Crippen molar-refractivity contribution in [3.63, 3.8) is 0 Å². The van der Waals surface area contributed by atoms with Gasteiger partial charge in [0, 0.05) is 60.4 Å². The third-order valence-electron chi connectivity index (χ3n) is 11.1. The van der Waals surface area contributed by atoms with Gasteiger partial charge in [-0.3, -0.25) is 15.1 Å². The fourth-order valence-corrected chi connectivity index (χ4v) is 10.6. The summed E-state index contributed by atoms with van der Waals surface area (Å²) in [6.45, 7) is 6.60. The van der Waals surface area contributed by atoms with Crippen molar-refractivity contribution in [3.8, 4) is 34.8 Å². The summed E-state index contributed by atoms with van der Waals surface area (Å²) in [5.74, 6) is 11.5. The van der Waals surface area contributed by atoms with E-state index in [1.807, 2.05) is 27.7 Å². The summed E-state index contributed by atoms with van der Waals surface area (Å²) in [7, 11) is 5.28. The number of carbonyl (C=O) groups excluding carboxylic acids is 1. The molecule has 0 spiro atoms. The molecule has 4 atom stereocenters. The fraction of sp³-hybridized carbons (Fsp3) is 0.511. The second kappa shape index (κ2) is 21.1. The van der Waals surface area contributed by atoms with Crippen molar-refractivity contribution in [1.82, 2.24) is 10.6 Å². The number of ether oxygens (including phenoxy) is 3. The lowest BCUT2D eigenvalue weighted by molar-refractivity contribution is -0.121. The summed E-state index contributed by atoms with van der Waals surface area (Å²) in [5.41, 5.74) is 12.1. The summed E-state index contributed by atoms with van der Waals surface area (Å²) >= 11 is 0. The van der Waals surface area contributed by atoms with Gasteiger partial charge in [-0.05, 0) is 79.7 Å². The predicted molar refractivity (Wildman–Crippen MR) is 232 cm³/mol. The molecule has 3 aromatic rings. The minimum atomic E-state index is -0.783. The molecule has 57 heavy (non-hydrogen) atoms. The van der Waals surface area contributed by atoms with Crippen LogP contribution in [0.4, 0.5) is 0 Å². The molecule has 2 bridgehead atoms. The van der Waals surface area contributed by atoms with E-state index < -0.39 is 6.10 Å². The van der Waals surface area contributed by atoms with E-state index in [2.05, 4.69) is 66.7 Å². The summed E-state index contributed by atoms with van der Waals surface area (Å²) in [4.78, 5) is 17.9. The molecule has 10 nitrogen and oxygen atoms in total. The Kier molecular flexibility index (Phi) is 15.8. The lowest BCUT2D eigenvalue weighted by Gasteiger charge is -2.34. The maximum atomic E-state index is 13.1. The van der Waals surface area contributed by atoms with E-state index >= 15 is 0 Å². The van der Waals surface area contributed by atoms with E-state index in [0.29, 0.717) is 68.8 Å². The monoisotopic (exact) mass is 814 g/mol. The number of carbonyl (C=O) groups is 1. The Labute approximate surface area is 345 Å². The van der Waals surface area contributed by atoms with Crippen LogP contribution in [-0.4, -0.2) is 79.1 Å². The molecule has 0 fully saturated rings. The number of Topliss-reactive ketones (excluding diaryl/α,β-unsaturated/α-hetero) is 1. The molecule has 1 aliphatic carbocycles. The molecule has 306 valence electrons. The highest BCUT2D eigenvalue weighted by Gasteiger charge is 2.33. The highest BCUT2D eigenvalue weighted by atomic mass is 33.1. The maximum Gasteiger partial charge on any atom is 0.188 e. The van der Waals surface area contributed by atoms with Gasteiger partial charge in [-0.1, -0.05) is 89.7 Å². The Morgan fingerprint density at radius 3 is 2.67 bits per heavy atom. The van der Waals surface area contributed by atoms with E-state index in [9.17, 15) is 15.0 Å². The number of aryl methyl sites for hydroxylation is 3. The highest BCUT2D eigenvalue weighted by Crippen LogP contribution is 2.44. The molecule has 2 aliphatic heterocycles. The number of nitrogens with one attached hydrogen (secondary N) is 2. The van der Waals surface area contributed by atoms with Crippen LogP contribution in [0.3, 0.4) is 0 Å². The van der Waals surface area contributed by atoms with Gasteiger partial charge in [-0.25, -0.2) is 0 Å². The Balaban J connectivity index is 1.32. The number of fused-ring (bicyclic) bond motifs is 5. The molecule has 0 saturated heterocycles. The summed E-state index contributed by atoms with van der Waals surface area (Å²) < 4.78 is 19.0. The van der Waals surface area contributed by atoms with Crippen LogP contribution >= 0.6 is 21.6 Å². The number of nitrogens with two attached hydrogens (primary N) is 1. The number of rotatable bonds is 10. The first-order chi connectivity index (χ1) is 27.7. The first-order valence-corrected chi connectivity index (χ1v) is 22.7. The number of methoxy groups -OCH3 is 1. The number of ketones is 1. The van der Waals surface area contributed by atoms with Crippen molar-refractivity contribution in [2.24, 2.45) is 28.5 Å². The molecular weight excluding hydrogens is 757 g/mol. The molecule has 6 rings (SSSR count). The van der Waals surface area contributed by atoms with Crippen LogP contribution < -0.4 is 30.6 Å². The lowest BCUT2D eigenvalue weighted by Crippen LogP contribution is -2.45. The van der Waals surface area contributed by atoms with Gasteiger partial charge in [0.05, 0.1) is 25.4 Å². The van der Waals surface area contributed by atoms with Crippen molar-refractivity contribution in [2.75, 3.05) is 45.0 Å². The molecule has 0 unspecified atom stereocenters. The zero-order valence-corrected chi connectivity index (χ0v) is 35.1. The number of aliphatic hydroxyl groups excluding tert-OH is 1. The molecule has 0 aromatic heterocycles. The topological polar surface area (TPSA) is 148 Å². The number of benzene rings is 3. The molecule has 3 aromatic carbocycles. The van der Waals surface area contributed by atoms with Gasteiger partial charge in [0.25, 0.3) is 0 Å². The first-order valence-electron chi connectivity index (χ1n) is 20.3. The number of nitrogens with zero attached hydrogens (tertiary/aromatic N) is 1. The Morgan fingerprint density at radius 2 is 1.86 bits per heavy atom. The number of guanidine groups is 1. The third-order valence-corrected chi connectivity index (χ3v) is 13.7. The maximum absolute atomic E-state index is 13.1. The summed E-state index contributed by atoms with van der Waals surface area (Å²) in [5, 5.41) is 28.7. The number of phenolic OH excluding ortho intramolecular Hbond substituents is 1. The summed E-state index contributed by atoms with van der Waals surface area (Å²) in [6, 6.07) is 16.3. The van der Waals surface area contributed by atoms with Crippen molar-refractivity contribution < 1.29 is 29.2 Å². The number of phenols is 1. The Bertz CT molecular complexity index is 1910. The highest BCUT2D eigenvalue weighted by molar-refractivity contribution is 8.76. The van der Waals surface area contributed by atoms with Gasteiger partial charge >= 0.3 is 0 Å². The average Bonchev–Trinajstić information content (AvgIpc) is 3.21. The zero-order valence-electron chi connectivity index (χ0n) is 33.5. The molecule has 0 saturated carbocycles. The van der Waals surface area contributed by atoms with Gasteiger partial charge in [0.2, 0.25) is 0 Å². The molecule has 0 amide bonds. The Hall–Kier alpha value is -4.02. The quantitative estimate of drug-likeness (QED) is 0.0686. The zero-order chi connectivity index (χ0) is 40.1. The number of aliphatic imine (C=N–C) groups is 1. The standard InChI is InChI=1S/C45H58N4O6S2/c1-29(2)40-27-57-56-26-35(24-48-45(46)49-40)34-22-39-32-15-18-37(51)23-36(50)17-14-31-16-19-41(52)43(53-3)38(31)13-7-12-33(21-32)42(44(39)54-25-34)55-28-47-20-8-11-30-9-5-4-6-10-30/h4-6,9-10,16,19,21,29,34-35,37,40,47,51-52H,8,11-12,14-15,17-18,20,22-28H2,1-3H3,(H3,46,48,49)/t34-,35-,37+,40-/m0/s1. The number of aromatic hydroxyl groups is 1. The number of hydrogen-bond acceptors (Lipinski definition) is 12. The van der Waals surface area contributed by atoms with E-state index in [-0.39, 0.29) is 48.0 Å². The second-order valence-electron chi connectivity index (χ2n) is 15.6. The van der Waals surface area contributed by atoms with Gasteiger partial charge in [-0.15, -0.1) is 0 Å². The van der Waals surface area contributed by atoms with Crippen LogP contribution in [0.15, 0.2) is 53.5 Å². The fourth-order valence-electron chi connectivity index (χ4n) is 7.65. The summed E-state index contributed by atoms with van der Waals surface area (Å²) in [6.07, 6.45) is 4.06. The number of hydrogen-bond donors (Lipinski definition) is 5. The van der Waals surface area contributed by atoms with E-state index in [4.69, 9.17) is 24.9 Å².